The van der Waals surface area contributed by atoms with Crippen LogP contribution < -0.4 is 58.5 Å². The van der Waals surface area contributed by atoms with Crippen molar-refractivity contribution in [2.75, 3.05) is 114 Å². The van der Waals surface area contributed by atoms with Crippen molar-refractivity contribution in [3.8, 4) is 11.4 Å². The number of carbonyl (C=O) groups is 5. The van der Waals surface area contributed by atoms with Crippen molar-refractivity contribution in [1.29, 1.82) is 0 Å². The van der Waals surface area contributed by atoms with Gasteiger partial charge in [0, 0.05) is 156 Å². The number of hydrogen-bond acceptors (Lipinski definition) is 15. The van der Waals surface area contributed by atoms with Gasteiger partial charge in [0.1, 0.15) is 0 Å². The highest BCUT2D eigenvalue weighted by molar-refractivity contribution is 5.97. The third kappa shape index (κ3) is 24.9. The van der Waals surface area contributed by atoms with Gasteiger partial charge in [-0.25, -0.2) is 0 Å². The molecule has 1 aromatic heterocycles. The van der Waals surface area contributed by atoms with Crippen molar-refractivity contribution in [2.24, 2.45) is 11.8 Å². The van der Waals surface area contributed by atoms with Crippen LogP contribution in [0, 0.1) is 11.8 Å². The van der Waals surface area contributed by atoms with E-state index >= 15 is 0 Å². The first-order chi connectivity index (χ1) is 41.9. The molecule has 87 heavy (non-hydrogen) atoms. The maximum Gasteiger partial charge on any atom is 0.321 e. The van der Waals surface area contributed by atoms with E-state index < -0.39 is 0 Å². The van der Waals surface area contributed by atoms with Gasteiger partial charge in [0.25, 0.3) is 29.5 Å². The fourth-order valence-electron chi connectivity index (χ4n) is 7.79. The lowest BCUT2D eigenvalue weighted by molar-refractivity contribution is 0.0753. The van der Waals surface area contributed by atoms with Gasteiger partial charge < -0.3 is 67.9 Å². The lowest BCUT2D eigenvalue weighted by Gasteiger charge is -2.26. The van der Waals surface area contributed by atoms with Gasteiger partial charge in [-0.2, -0.15) is 4.98 Å². The zero-order valence-corrected chi connectivity index (χ0v) is 52.9. The molecule has 5 amide bonds. The van der Waals surface area contributed by atoms with E-state index in [1.807, 2.05) is 197 Å². The molecule has 2 fully saturated rings. The Morgan fingerprint density at radius 2 is 0.897 bits per heavy atom. The molecule has 6 aromatic carbocycles. The molecule has 20 nitrogen and oxygen atoms in total. The first-order valence-electron chi connectivity index (χ1n) is 29.4. The number of nitrogens with zero attached hydrogens (tertiary/aromatic N) is 3. The Bertz CT molecular complexity index is 3170. The topological polar surface area (TPSA) is 260 Å². The molecule has 466 valence electrons. The maximum absolute atomic E-state index is 12.0. The summed E-state index contributed by atoms with van der Waals surface area (Å²) in [5.74, 6) is 1.82. The molecule has 0 saturated heterocycles. The van der Waals surface area contributed by atoms with Crippen LogP contribution >= 0.6 is 0 Å². The van der Waals surface area contributed by atoms with Crippen LogP contribution in [0.3, 0.4) is 0 Å². The van der Waals surface area contributed by atoms with E-state index in [-0.39, 0.29) is 35.6 Å². The second kappa shape index (κ2) is 37.7. The van der Waals surface area contributed by atoms with Crippen molar-refractivity contribution in [3.63, 3.8) is 0 Å². The summed E-state index contributed by atoms with van der Waals surface area (Å²) in [7, 11) is 16.2. The Labute approximate surface area is 514 Å². The molecule has 7 aromatic rings. The lowest BCUT2D eigenvalue weighted by Crippen LogP contribution is -2.39. The molecule has 20 heteroatoms. The van der Waals surface area contributed by atoms with Gasteiger partial charge in [-0.05, 0) is 161 Å². The molecule has 2 saturated carbocycles. The Morgan fingerprint density at radius 3 is 1.28 bits per heavy atom. The van der Waals surface area contributed by atoms with Gasteiger partial charge >= 0.3 is 6.01 Å². The van der Waals surface area contributed by atoms with Crippen LogP contribution in [0.5, 0.6) is 0 Å². The molecule has 0 unspecified atom stereocenters. The first-order valence-corrected chi connectivity index (χ1v) is 29.4. The fraction of sp³-hybridized carbons (Fsp3) is 0.358. The van der Waals surface area contributed by atoms with E-state index in [2.05, 4.69) is 82.5 Å². The molecule has 0 spiro atoms. The number of nitrogens with one attached hydrogen (secondary N) is 11. The van der Waals surface area contributed by atoms with Gasteiger partial charge in [-0.15, -0.1) is 0 Å². The fourth-order valence-corrected chi connectivity index (χ4v) is 7.79. The van der Waals surface area contributed by atoms with Crippen molar-refractivity contribution < 1.29 is 28.5 Å². The standard InChI is InChI=1S/2C12H16N2O.2C12H18N2O.C10H12N4O.C9H12N2O/c1-13-11-7-2-4-9(8-11)12(15)14-10-5-3-6-10;1-13-11-4-2-3-10(7-11)12(15)14-8-9-5-6-9;1-9(2)14(4)12(15)10-6-5-7-11(8-10)13-3;1-9(2)8-14-12(15)10-5-4-6-11(7-10)13-3;1-11-8-5-3-4-7(6-8)9-13-10(12-2)15-14-9;1-10-8-5-3-4-7(6-8)9(12)11-2/h2,4,7-8,10,13H,3,5-6H2,1H3,(H,14,15);2-4,7,9,13H,5-6,8H2,1H3,(H,14,15);5-9,13H,1-4H3;4-7,9,13H,8H2,1-3H3,(H,14,15);3-6,11H,1-2H3,(H,12,13,14);3-6,10H,1-2H3,(H,11,12). The van der Waals surface area contributed by atoms with Crippen LogP contribution in [0.1, 0.15) is 112 Å². The molecule has 2 aliphatic rings. The van der Waals surface area contributed by atoms with E-state index in [9.17, 15) is 24.0 Å². The SMILES string of the molecule is CNC(=O)c1cccc(NC)c1.CNc1cccc(-c2noc(NC)n2)c1.CNc1cccc(C(=O)N(C)C(C)C)c1.CNc1cccc(C(=O)NC2CCC2)c1.CNc1cccc(C(=O)NCC(C)C)c1.CNc1cccc(C(=O)NCC2CC2)c1. The van der Waals surface area contributed by atoms with E-state index in [4.69, 9.17) is 4.52 Å². The number of rotatable bonds is 19. The predicted octanol–water partition coefficient (Wildman–Crippen LogP) is 11.1. The Balaban J connectivity index is 0.000000224. The van der Waals surface area contributed by atoms with Crippen LogP contribution in [-0.2, 0) is 0 Å². The minimum atomic E-state index is -0.0629. The molecular weight excluding hydrogens is 1100 g/mol. The third-order valence-electron chi connectivity index (χ3n) is 13.8. The monoisotopic (exact) mass is 1190 g/mol. The highest BCUT2D eigenvalue weighted by Crippen LogP contribution is 2.28. The number of amides is 5. The Kier molecular flexibility index (Phi) is 30.3. The summed E-state index contributed by atoms with van der Waals surface area (Å²) >= 11 is 0. The summed E-state index contributed by atoms with van der Waals surface area (Å²) < 4.78 is 4.95. The van der Waals surface area contributed by atoms with Gasteiger partial charge in [-0.3, -0.25) is 24.0 Å². The van der Waals surface area contributed by atoms with E-state index in [0.717, 1.165) is 81.7 Å². The van der Waals surface area contributed by atoms with E-state index in [1.54, 1.807) is 31.1 Å². The first kappa shape index (κ1) is 69.9. The summed E-state index contributed by atoms with van der Waals surface area (Å²) in [5, 5.41) is 36.1. The minimum absolute atomic E-state index is 0.0131. The van der Waals surface area contributed by atoms with Gasteiger partial charge in [0.2, 0.25) is 5.82 Å². The molecule has 1 heterocycles. The van der Waals surface area contributed by atoms with Crippen molar-refractivity contribution in [3.05, 3.63) is 173 Å². The summed E-state index contributed by atoms with van der Waals surface area (Å²) in [6, 6.07) is 46.2. The largest absolute Gasteiger partial charge is 0.388 e. The lowest BCUT2D eigenvalue weighted by atomic mass is 9.93. The van der Waals surface area contributed by atoms with Crippen molar-refractivity contribution >= 4 is 69.7 Å². The van der Waals surface area contributed by atoms with Gasteiger partial charge in [0.05, 0.1) is 0 Å². The molecule has 11 N–H and O–H groups in total. The number of benzene rings is 6. The van der Waals surface area contributed by atoms with Gasteiger partial charge in [0.15, 0.2) is 0 Å². The second-order valence-electron chi connectivity index (χ2n) is 21.1. The average molecular weight is 1190 g/mol. The average Bonchev–Trinajstić information content (AvgIpc) is 4.31. The zero-order chi connectivity index (χ0) is 63.7. The van der Waals surface area contributed by atoms with E-state index in [1.165, 1.54) is 19.3 Å². The molecule has 9 rings (SSSR count). The van der Waals surface area contributed by atoms with Crippen LogP contribution in [0.4, 0.5) is 40.1 Å². The number of carbonyl (C=O) groups excluding carboxylic acids is 5. The normalized spacial score (nSPS) is 11.7. The van der Waals surface area contributed by atoms with Crippen LogP contribution in [0.25, 0.3) is 11.4 Å². The summed E-state index contributed by atoms with van der Waals surface area (Å²) in [5.41, 5.74) is 10.3. The smallest absolute Gasteiger partial charge is 0.321 e. The summed E-state index contributed by atoms with van der Waals surface area (Å²) in [6.07, 6.45) is 6.00. The Morgan fingerprint density at radius 1 is 0.494 bits per heavy atom. The summed E-state index contributed by atoms with van der Waals surface area (Å²) in [6.45, 7) is 9.68. The Hall–Kier alpha value is -9.59. The predicted molar refractivity (Wildman–Crippen MR) is 357 cm³/mol. The number of hydrogen-bond donors (Lipinski definition) is 11. The van der Waals surface area contributed by atoms with Gasteiger partial charge in [-0.1, -0.05) is 61.5 Å². The molecule has 0 radical (unpaired) electrons. The van der Waals surface area contributed by atoms with Crippen LogP contribution in [0.15, 0.2) is 150 Å². The molecule has 2 aliphatic carbocycles. The summed E-state index contributed by atoms with van der Waals surface area (Å²) in [4.78, 5) is 64.1. The third-order valence-corrected chi connectivity index (χ3v) is 13.8. The highest BCUT2D eigenvalue weighted by atomic mass is 16.5. The quantitative estimate of drug-likeness (QED) is 0.0360. The molecule has 0 bridgehead atoms. The van der Waals surface area contributed by atoms with E-state index in [0.29, 0.717) is 41.5 Å². The molecule has 0 atom stereocenters. The highest BCUT2D eigenvalue weighted by Gasteiger charge is 2.22. The van der Waals surface area contributed by atoms with Crippen molar-refractivity contribution in [1.82, 2.24) is 36.3 Å². The zero-order valence-electron chi connectivity index (χ0n) is 52.9. The maximum atomic E-state index is 12.0. The molecule has 0 aliphatic heterocycles. The number of anilines is 7. The van der Waals surface area contributed by atoms with Crippen LogP contribution in [0.2, 0.25) is 0 Å². The van der Waals surface area contributed by atoms with Crippen molar-refractivity contribution in [2.45, 2.75) is 71.9 Å². The number of aromatic nitrogens is 2. The second-order valence-corrected chi connectivity index (χ2v) is 21.1. The molecular formula is C67H92N14O6. The minimum Gasteiger partial charge on any atom is -0.388 e. The van der Waals surface area contributed by atoms with Crippen LogP contribution in [-0.4, -0.2) is 133 Å².